The highest BCUT2D eigenvalue weighted by Gasteiger charge is 2.30. The van der Waals surface area contributed by atoms with Crippen LogP contribution in [0.4, 0.5) is 0 Å². The molecule has 0 atom stereocenters. The van der Waals surface area contributed by atoms with Gasteiger partial charge in [0.25, 0.3) is 0 Å². The number of likely N-dealkylation sites (tertiary alicyclic amines) is 1. The minimum Gasteiger partial charge on any atom is -0.361 e. The number of nitrogens with zero attached hydrogens (tertiary/aromatic N) is 1. The first-order valence-electron chi connectivity index (χ1n) is 9.27. The number of halogens is 1. The highest BCUT2D eigenvalue weighted by Crippen LogP contribution is 2.35. The molecule has 0 radical (unpaired) electrons. The van der Waals surface area contributed by atoms with Gasteiger partial charge in [-0.15, -0.1) is 0 Å². The Morgan fingerprint density at radius 2 is 1.83 bits per heavy atom. The van der Waals surface area contributed by atoms with E-state index in [9.17, 15) is 4.79 Å². The molecule has 2 aliphatic rings. The molecule has 1 aliphatic carbocycles. The van der Waals surface area contributed by atoms with Gasteiger partial charge in [-0.3, -0.25) is 4.79 Å². The van der Waals surface area contributed by atoms with Crippen LogP contribution in [0.2, 0.25) is 5.02 Å². The number of piperidine rings is 1. The molecule has 2 fully saturated rings. The van der Waals surface area contributed by atoms with E-state index in [-0.39, 0.29) is 0 Å². The molecule has 128 valence electrons. The molecule has 0 bridgehead atoms. The second-order valence-corrected chi connectivity index (χ2v) is 7.80. The van der Waals surface area contributed by atoms with Crippen LogP contribution in [0.1, 0.15) is 56.4 Å². The van der Waals surface area contributed by atoms with Gasteiger partial charge in [0.05, 0.1) is 0 Å². The fourth-order valence-corrected chi connectivity index (χ4v) is 4.64. The third-order valence-electron chi connectivity index (χ3n) is 5.88. The summed E-state index contributed by atoms with van der Waals surface area (Å²) in [5, 5.41) is 2.02. The number of H-pyrrole nitrogens is 1. The molecule has 4 rings (SSSR count). The van der Waals surface area contributed by atoms with Crippen LogP contribution >= 0.6 is 11.6 Å². The third kappa shape index (κ3) is 3.06. The standard InChI is InChI=1S/C20H25ClN2O/c21-16-6-7-19-17(12-16)18(13-22-19)14-8-10-23(11-9-14)20(24)15-4-2-1-3-5-15/h6-7,12-15,22H,1-5,8-11H2. The van der Waals surface area contributed by atoms with Crippen molar-refractivity contribution in [1.29, 1.82) is 0 Å². The van der Waals surface area contributed by atoms with Crippen molar-refractivity contribution in [3.63, 3.8) is 0 Å². The van der Waals surface area contributed by atoms with Crippen LogP contribution in [0.15, 0.2) is 24.4 Å². The Hall–Kier alpha value is -1.48. The van der Waals surface area contributed by atoms with Gasteiger partial charge < -0.3 is 9.88 Å². The van der Waals surface area contributed by atoms with Crippen LogP contribution in [0.25, 0.3) is 10.9 Å². The first-order chi connectivity index (χ1) is 11.7. The third-order valence-corrected chi connectivity index (χ3v) is 6.11. The second-order valence-electron chi connectivity index (χ2n) is 7.37. The molecule has 24 heavy (non-hydrogen) atoms. The van der Waals surface area contributed by atoms with Crippen LogP contribution in [-0.4, -0.2) is 28.9 Å². The van der Waals surface area contributed by atoms with Crippen LogP contribution in [0.5, 0.6) is 0 Å². The van der Waals surface area contributed by atoms with Crippen LogP contribution < -0.4 is 0 Å². The maximum absolute atomic E-state index is 12.7. The van der Waals surface area contributed by atoms with E-state index in [4.69, 9.17) is 11.6 Å². The quantitative estimate of drug-likeness (QED) is 0.807. The van der Waals surface area contributed by atoms with Crippen molar-refractivity contribution in [1.82, 2.24) is 9.88 Å². The molecule has 1 N–H and O–H groups in total. The summed E-state index contributed by atoms with van der Waals surface area (Å²) in [6.45, 7) is 1.79. The van der Waals surface area contributed by atoms with Gasteiger partial charge in [0.1, 0.15) is 0 Å². The average Bonchev–Trinajstić information content (AvgIpc) is 3.05. The van der Waals surface area contributed by atoms with Crippen molar-refractivity contribution < 1.29 is 4.79 Å². The van der Waals surface area contributed by atoms with E-state index in [1.165, 1.54) is 30.2 Å². The average molecular weight is 345 g/mol. The Morgan fingerprint density at radius 3 is 2.58 bits per heavy atom. The van der Waals surface area contributed by atoms with Crippen LogP contribution in [0, 0.1) is 5.92 Å². The van der Waals surface area contributed by atoms with Gasteiger partial charge in [0.2, 0.25) is 5.91 Å². The lowest BCUT2D eigenvalue weighted by molar-refractivity contribution is -0.137. The summed E-state index contributed by atoms with van der Waals surface area (Å²) in [7, 11) is 0. The van der Waals surface area contributed by atoms with E-state index in [2.05, 4.69) is 22.1 Å². The summed E-state index contributed by atoms with van der Waals surface area (Å²) < 4.78 is 0. The molecule has 1 amide bonds. The fraction of sp³-hybridized carbons (Fsp3) is 0.550. The molecule has 1 aliphatic heterocycles. The molecular formula is C20H25ClN2O. The molecule has 0 spiro atoms. The second kappa shape index (κ2) is 6.79. The molecule has 0 unspecified atom stereocenters. The van der Waals surface area contributed by atoms with Gasteiger partial charge in [-0.1, -0.05) is 30.9 Å². The number of aromatic amines is 1. The summed E-state index contributed by atoms with van der Waals surface area (Å²) in [5.41, 5.74) is 2.51. The molecule has 1 aromatic carbocycles. The number of aromatic nitrogens is 1. The maximum Gasteiger partial charge on any atom is 0.225 e. The molecular weight excluding hydrogens is 320 g/mol. The van der Waals surface area contributed by atoms with E-state index < -0.39 is 0 Å². The lowest BCUT2D eigenvalue weighted by Gasteiger charge is -2.35. The van der Waals surface area contributed by atoms with Gasteiger partial charge in [0.15, 0.2) is 0 Å². The number of hydrogen-bond acceptors (Lipinski definition) is 1. The zero-order valence-electron chi connectivity index (χ0n) is 14.1. The van der Waals surface area contributed by atoms with Crippen molar-refractivity contribution >= 4 is 28.4 Å². The van der Waals surface area contributed by atoms with E-state index in [1.54, 1.807) is 0 Å². The van der Waals surface area contributed by atoms with Crippen molar-refractivity contribution in [3.8, 4) is 0 Å². The Balaban J connectivity index is 1.43. The van der Waals surface area contributed by atoms with E-state index >= 15 is 0 Å². The predicted molar refractivity (Wildman–Crippen MR) is 98.4 cm³/mol. The topological polar surface area (TPSA) is 36.1 Å². The molecule has 2 heterocycles. The molecule has 1 saturated carbocycles. The number of amides is 1. The largest absolute Gasteiger partial charge is 0.361 e. The zero-order chi connectivity index (χ0) is 16.5. The molecule has 3 nitrogen and oxygen atoms in total. The number of rotatable bonds is 2. The highest BCUT2D eigenvalue weighted by molar-refractivity contribution is 6.31. The summed E-state index contributed by atoms with van der Waals surface area (Å²) in [6, 6.07) is 6.03. The van der Waals surface area contributed by atoms with Gasteiger partial charge in [-0.2, -0.15) is 0 Å². The molecule has 4 heteroatoms. The van der Waals surface area contributed by atoms with Crippen molar-refractivity contribution in [2.45, 2.75) is 50.9 Å². The number of hydrogen-bond donors (Lipinski definition) is 1. The molecule has 1 saturated heterocycles. The smallest absolute Gasteiger partial charge is 0.225 e. The van der Waals surface area contributed by atoms with E-state index in [0.29, 0.717) is 17.7 Å². The van der Waals surface area contributed by atoms with Gasteiger partial charge in [-0.05, 0) is 55.4 Å². The Labute approximate surface area is 148 Å². The van der Waals surface area contributed by atoms with Crippen molar-refractivity contribution in [2.24, 2.45) is 5.92 Å². The Kier molecular flexibility index (Phi) is 4.53. The minimum absolute atomic E-state index is 0.294. The lowest BCUT2D eigenvalue weighted by Crippen LogP contribution is -2.41. The number of carbonyl (C=O) groups is 1. The summed E-state index contributed by atoms with van der Waals surface area (Å²) in [6.07, 6.45) is 10.2. The minimum atomic E-state index is 0.294. The monoisotopic (exact) mass is 344 g/mol. The van der Waals surface area contributed by atoms with E-state index in [1.807, 2.05) is 12.1 Å². The maximum atomic E-state index is 12.7. The lowest BCUT2D eigenvalue weighted by atomic mass is 9.86. The summed E-state index contributed by atoms with van der Waals surface area (Å²) in [5.74, 6) is 1.23. The van der Waals surface area contributed by atoms with Gasteiger partial charge >= 0.3 is 0 Å². The predicted octanol–water partition coefficient (Wildman–Crippen LogP) is 5.11. The number of fused-ring (bicyclic) bond motifs is 1. The molecule has 1 aromatic heterocycles. The summed E-state index contributed by atoms with van der Waals surface area (Å²) in [4.78, 5) is 18.2. The highest BCUT2D eigenvalue weighted by atomic mass is 35.5. The first kappa shape index (κ1) is 16.0. The van der Waals surface area contributed by atoms with Crippen molar-refractivity contribution in [3.05, 3.63) is 35.0 Å². The zero-order valence-corrected chi connectivity index (χ0v) is 14.8. The Bertz CT molecular complexity index is 724. The van der Waals surface area contributed by atoms with E-state index in [0.717, 1.165) is 49.3 Å². The molecule has 2 aromatic rings. The Morgan fingerprint density at radius 1 is 1.08 bits per heavy atom. The van der Waals surface area contributed by atoms with Crippen molar-refractivity contribution in [2.75, 3.05) is 13.1 Å². The van der Waals surface area contributed by atoms with Gasteiger partial charge in [0, 0.05) is 41.1 Å². The number of carbonyl (C=O) groups excluding carboxylic acids is 1. The van der Waals surface area contributed by atoms with Crippen LogP contribution in [0.3, 0.4) is 0 Å². The first-order valence-corrected chi connectivity index (χ1v) is 9.65. The van der Waals surface area contributed by atoms with Gasteiger partial charge in [-0.25, -0.2) is 0 Å². The fourth-order valence-electron chi connectivity index (χ4n) is 4.47. The number of benzene rings is 1. The SMILES string of the molecule is O=C(C1CCCCC1)N1CCC(c2c[nH]c3ccc(Cl)cc23)CC1. The normalized spacial score (nSPS) is 20.6. The number of nitrogens with one attached hydrogen (secondary N) is 1. The van der Waals surface area contributed by atoms with Crippen LogP contribution in [-0.2, 0) is 4.79 Å². The summed E-state index contributed by atoms with van der Waals surface area (Å²) >= 11 is 6.17.